The molecule has 1 fully saturated rings. The number of alkyl carbamates (subject to hydrolysis) is 1. The lowest BCUT2D eigenvalue weighted by molar-refractivity contribution is 0.139. The Hall–Kier alpha value is -1.78. The van der Waals surface area contributed by atoms with Crippen LogP contribution in [-0.4, -0.2) is 36.8 Å². The lowest BCUT2D eigenvalue weighted by atomic mass is 10.1. The molecule has 1 aromatic rings. The summed E-state index contributed by atoms with van der Waals surface area (Å²) in [7, 11) is 0. The first-order chi connectivity index (χ1) is 9.79. The van der Waals surface area contributed by atoms with Crippen molar-refractivity contribution in [2.75, 3.05) is 24.6 Å². The molecule has 1 aliphatic heterocycles. The molecule has 2 heterocycles. The monoisotopic (exact) mass is 277 g/mol. The molecule has 0 aliphatic carbocycles. The van der Waals surface area contributed by atoms with Crippen molar-refractivity contribution in [3.63, 3.8) is 0 Å². The quantitative estimate of drug-likeness (QED) is 0.840. The fourth-order valence-electron chi connectivity index (χ4n) is 2.39. The summed E-state index contributed by atoms with van der Waals surface area (Å²) < 4.78 is 5.15. The molecule has 1 N–H and O–H groups in total. The Labute approximate surface area is 120 Å². The Morgan fingerprint density at radius 3 is 3.25 bits per heavy atom. The lowest BCUT2D eigenvalue weighted by Gasteiger charge is -2.34. The number of carbonyl (C=O) groups is 1. The van der Waals surface area contributed by atoms with Crippen molar-refractivity contribution in [1.82, 2.24) is 10.3 Å². The van der Waals surface area contributed by atoms with Crippen molar-refractivity contribution in [3.05, 3.63) is 24.5 Å². The fraction of sp³-hybridized carbons (Fsp3) is 0.600. The molecule has 20 heavy (non-hydrogen) atoms. The number of nitrogens with one attached hydrogen (secondary N) is 1. The van der Waals surface area contributed by atoms with E-state index in [9.17, 15) is 4.79 Å². The van der Waals surface area contributed by atoms with Crippen LogP contribution < -0.4 is 10.2 Å². The van der Waals surface area contributed by atoms with Gasteiger partial charge in [-0.05, 0) is 31.4 Å². The van der Waals surface area contributed by atoms with Crippen molar-refractivity contribution >= 4 is 11.8 Å². The summed E-state index contributed by atoms with van der Waals surface area (Å²) in [5.74, 6) is 0. The molecule has 1 unspecified atom stereocenters. The number of pyridine rings is 1. The van der Waals surface area contributed by atoms with Crippen molar-refractivity contribution in [3.8, 4) is 0 Å². The van der Waals surface area contributed by atoms with E-state index in [1.54, 1.807) is 6.20 Å². The summed E-state index contributed by atoms with van der Waals surface area (Å²) in [4.78, 5) is 18.1. The molecule has 1 atom stereocenters. The fourth-order valence-corrected chi connectivity index (χ4v) is 2.39. The molecular weight excluding hydrogens is 254 g/mol. The van der Waals surface area contributed by atoms with Gasteiger partial charge in [-0.3, -0.25) is 4.98 Å². The van der Waals surface area contributed by atoms with Crippen LogP contribution in [0.1, 0.15) is 32.6 Å². The van der Waals surface area contributed by atoms with Crippen molar-refractivity contribution in [2.24, 2.45) is 0 Å². The van der Waals surface area contributed by atoms with Gasteiger partial charge in [0.1, 0.15) is 0 Å². The molecule has 0 spiro atoms. The number of aromatic nitrogens is 1. The number of anilines is 1. The number of rotatable bonds is 5. The van der Waals surface area contributed by atoms with Crippen LogP contribution in [0.3, 0.4) is 0 Å². The number of ether oxygens (including phenoxy) is 1. The second-order valence-electron chi connectivity index (χ2n) is 5.13. The van der Waals surface area contributed by atoms with Gasteiger partial charge in [-0.25, -0.2) is 4.79 Å². The maximum Gasteiger partial charge on any atom is 0.407 e. The number of unbranched alkanes of at least 4 members (excludes halogenated alkanes) is 1. The predicted molar refractivity (Wildman–Crippen MR) is 78.9 cm³/mol. The summed E-state index contributed by atoms with van der Waals surface area (Å²) in [6.45, 7) is 4.40. The first-order valence-corrected chi connectivity index (χ1v) is 7.38. The number of hydrogen-bond donors (Lipinski definition) is 1. The maximum absolute atomic E-state index is 11.7. The molecule has 1 aromatic heterocycles. The first kappa shape index (κ1) is 14.6. The topological polar surface area (TPSA) is 54.5 Å². The van der Waals surface area contributed by atoms with Crippen LogP contribution in [0.25, 0.3) is 0 Å². The third kappa shape index (κ3) is 4.40. The number of nitrogens with zero attached hydrogens (tertiary/aromatic N) is 2. The zero-order chi connectivity index (χ0) is 14.2. The number of amides is 1. The Morgan fingerprint density at radius 1 is 1.60 bits per heavy atom. The Kier molecular flexibility index (Phi) is 5.65. The van der Waals surface area contributed by atoms with Crippen LogP contribution >= 0.6 is 0 Å². The average molecular weight is 277 g/mol. The minimum atomic E-state index is -0.295. The summed E-state index contributed by atoms with van der Waals surface area (Å²) in [6, 6.07) is 4.14. The van der Waals surface area contributed by atoms with Crippen molar-refractivity contribution < 1.29 is 9.53 Å². The van der Waals surface area contributed by atoms with Gasteiger partial charge in [-0.2, -0.15) is 0 Å². The van der Waals surface area contributed by atoms with Gasteiger partial charge in [0.25, 0.3) is 0 Å². The van der Waals surface area contributed by atoms with Gasteiger partial charge in [-0.15, -0.1) is 0 Å². The second-order valence-corrected chi connectivity index (χ2v) is 5.13. The molecule has 5 nitrogen and oxygen atoms in total. The van der Waals surface area contributed by atoms with Gasteiger partial charge in [-0.1, -0.05) is 13.3 Å². The maximum atomic E-state index is 11.7. The molecule has 1 amide bonds. The van der Waals surface area contributed by atoms with Crippen LogP contribution in [0.2, 0.25) is 0 Å². The average Bonchev–Trinajstić information content (AvgIpc) is 2.49. The minimum Gasteiger partial charge on any atom is -0.450 e. The molecule has 0 bridgehead atoms. The van der Waals surface area contributed by atoms with Gasteiger partial charge in [0.15, 0.2) is 0 Å². The SMILES string of the molecule is CCCCOC(=O)NC1CCCN(c2cccnc2)C1. The van der Waals surface area contributed by atoms with Crippen molar-refractivity contribution in [1.29, 1.82) is 0 Å². The molecule has 0 aromatic carbocycles. The highest BCUT2D eigenvalue weighted by Crippen LogP contribution is 2.18. The highest BCUT2D eigenvalue weighted by atomic mass is 16.5. The summed E-state index contributed by atoms with van der Waals surface area (Å²) in [6.07, 6.45) is 7.35. The highest BCUT2D eigenvalue weighted by Gasteiger charge is 2.22. The van der Waals surface area contributed by atoms with Gasteiger partial charge in [0, 0.05) is 25.3 Å². The smallest absolute Gasteiger partial charge is 0.407 e. The van der Waals surface area contributed by atoms with E-state index in [1.165, 1.54) is 0 Å². The van der Waals surface area contributed by atoms with E-state index in [0.29, 0.717) is 6.61 Å². The van der Waals surface area contributed by atoms with E-state index >= 15 is 0 Å². The summed E-state index contributed by atoms with van der Waals surface area (Å²) in [5, 5.41) is 2.95. The molecule has 5 heteroatoms. The normalized spacial score (nSPS) is 18.6. The van der Waals surface area contributed by atoms with Crippen LogP contribution in [0.4, 0.5) is 10.5 Å². The predicted octanol–water partition coefficient (Wildman–Crippen LogP) is 2.58. The van der Waals surface area contributed by atoms with E-state index in [2.05, 4.69) is 28.2 Å². The zero-order valence-electron chi connectivity index (χ0n) is 12.0. The standard InChI is InChI=1S/C15H23N3O2/c1-2-3-10-20-15(19)17-13-6-5-9-18(12-13)14-7-4-8-16-11-14/h4,7-8,11,13H,2-3,5-6,9-10,12H2,1H3,(H,17,19). The van der Waals surface area contributed by atoms with E-state index in [4.69, 9.17) is 4.74 Å². The summed E-state index contributed by atoms with van der Waals surface area (Å²) in [5.41, 5.74) is 1.11. The van der Waals surface area contributed by atoms with E-state index in [0.717, 1.165) is 44.5 Å². The summed E-state index contributed by atoms with van der Waals surface area (Å²) >= 11 is 0. The van der Waals surface area contributed by atoms with Crippen LogP contribution in [-0.2, 0) is 4.74 Å². The second kappa shape index (κ2) is 7.72. The van der Waals surface area contributed by atoms with Crippen LogP contribution in [0, 0.1) is 0 Å². The number of piperidine rings is 1. The molecule has 1 aliphatic rings. The van der Waals surface area contributed by atoms with E-state index < -0.39 is 0 Å². The van der Waals surface area contributed by atoms with Crippen LogP contribution in [0.5, 0.6) is 0 Å². The number of hydrogen-bond acceptors (Lipinski definition) is 4. The molecule has 110 valence electrons. The molecule has 1 saturated heterocycles. The molecule has 2 rings (SSSR count). The van der Waals surface area contributed by atoms with Crippen molar-refractivity contribution in [2.45, 2.75) is 38.6 Å². The van der Waals surface area contributed by atoms with E-state index in [-0.39, 0.29) is 12.1 Å². The molecule has 0 radical (unpaired) electrons. The van der Waals surface area contributed by atoms with Crippen LogP contribution in [0.15, 0.2) is 24.5 Å². The first-order valence-electron chi connectivity index (χ1n) is 7.38. The third-order valence-corrected chi connectivity index (χ3v) is 3.49. The van der Waals surface area contributed by atoms with Gasteiger partial charge in [0.05, 0.1) is 18.5 Å². The van der Waals surface area contributed by atoms with Gasteiger partial charge >= 0.3 is 6.09 Å². The Morgan fingerprint density at radius 2 is 2.50 bits per heavy atom. The minimum absolute atomic E-state index is 0.151. The van der Waals surface area contributed by atoms with Gasteiger partial charge in [0.2, 0.25) is 0 Å². The zero-order valence-corrected chi connectivity index (χ0v) is 12.0. The Bertz CT molecular complexity index is 411. The largest absolute Gasteiger partial charge is 0.450 e. The Balaban J connectivity index is 1.80. The lowest BCUT2D eigenvalue weighted by Crippen LogP contribution is -2.48. The number of carbonyl (C=O) groups excluding carboxylic acids is 1. The molecular formula is C15H23N3O2. The highest BCUT2D eigenvalue weighted by molar-refractivity contribution is 5.67. The van der Waals surface area contributed by atoms with E-state index in [1.807, 2.05) is 12.3 Å². The third-order valence-electron chi connectivity index (χ3n) is 3.49. The van der Waals surface area contributed by atoms with Gasteiger partial charge < -0.3 is 15.0 Å². The molecule has 0 saturated carbocycles.